The summed E-state index contributed by atoms with van der Waals surface area (Å²) < 4.78 is 12.0. The van der Waals surface area contributed by atoms with E-state index in [0.29, 0.717) is 36.1 Å². The third kappa shape index (κ3) is 6.09. The number of pyridine rings is 1. The maximum absolute atomic E-state index is 12.6. The van der Waals surface area contributed by atoms with Crippen LogP contribution in [-0.2, 0) is 9.53 Å². The second kappa shape index (κ2) is 10.8. The van der Waals surface area contributed by atoms with Crippen LogP contribution < -0.4 is 10.5 Å². The van der Waals surface area contributed by atoms with Crippen LogP contribution in [0.2, 0.25) is 0 Å². The molecule has 2 N–H and O–H groups in total. The van der Waals surface area contributed by atoms with Crippen LogP contribution in [0.15, 0.2) is 58.7 Å². The smallest absolute Gasteiger partial charge is 0.246 e. The molecule has 1 aromatic heterocycles. The summed E-state index contributed by atoms with van der Waals surface area (Å²) in [6.45, 7) is 12.0. The van der Waals surface area contributed by atoms with Gasteiger partial charge in [-0.2, -0.15) is 0 Å². The Bertz CT molecular complexity index is 1000. The van der Waals surface area contributed by atoms with Crippen LogP contribution in [0.4, 0.5) is 5.82 Å². The normalized spacial score (nSPS) is 18.2. The Kier molecular flexibility index (Phi) is 8.41. The predicted molar refractivity (Wildman–Crippen MR) is 130 cm³/mol. The van der Waals surface area contributed by atoms with E-state index < -0.39 is 5.60 Å². The van der Waals surface area contributed by atoms with Crippen molar-refractivity contribution in [1.29, 1.82) is 0 Å². The fraction of sp³-hybridized carbons (Fsp3) is 0.400. The number of amides is 1. The lowest BCUT2D eigenvalue weighted by molar-refractivity contribution is -0.124. The summed E-state index contributed by atoms with van der Waals surface area (Å²) in [5.41, 5.74) is 7.16. The number of ether oxygens (including phenoxy) is 2. The zero-order valence-corrected chi connectivity index (χ0v) is 20.1. The minimum absolute atomic E-state index is 0.156. The number of carbonyl (C=O) groups excluding carboxylic acids is 1. The molecule has 0 fully saturated rings. The molecule has 0 saturated carbocycles. The molecule has 7 heteroatoms. The molecule has 0 bridgehead atoms. The molecule has 0 aliphatic carbocycles. The summed E-state index contributed by atoms with van der Waals surface area (Å²) in [6, 6.07) is 1.81. The number of amidine groups is 1. The molecule has 0 radical (unpaired) electrons. The zero-order chi connectivity index (χ0) is 23.9. The molecule has 0 aromatic carbocycles. The van der Waals surface area contributed by atoms with Crippen LogP contribution in [0.25, 0.3) is 6.08 Å². The van der Waals surface area contributed by atoms with Crippen molar-refractivity contribution in [3.05, 3.63) is 59.2 Å². The number of likely N-dealkylation sites (N-methyl/N-ethyl adjacent to an activating group) is 1. The van der Waals surface area contributed by atoms with Crippen LogP contribution >= 0.6 is 0 Å². The van der Waals surface area contributed by atoms with Crippen molar-refractivity contribution < 1.29 is 14.3 Å². The first kappa shape index (κ1) is 24.9. The average molecular weight is 439 g/mol. The molecule has 32 heavy (non-hydrogen) atoms. The number of allylic oxidation sites excluding steroid dienone is 4. The first-order chi connectivity index (χ1) is 15.1. The van der Waals surface area contributed by atoms with Gasteiger partial charge in [-0.1, -0.05) is 13.0 Å². The number of fused-ring (bicyclic) bond motifs is 1. The average Bonchev–Trinajstić information content (AvgIpc) is 2.76. The number of aliphatic imine (C=N–C) groups is 1. The van der Waals surface area contributed by atoms with Crippen LogP contribution in [0.3, 0.4) is 0 Å². The van der Waals surface area contributed by atoms with E-state index in [1.807, 2.05) is 65.8 Å². The SMILES string of the molecule is C/C=C\C(O/C(=C/C)CN(C)C(=O)/C=C/c1cnc2c(c1)OC(C)(CC)C(N)=N2)=C(C)C. The van der Waals surface area contributed by atoms with Gasteiger partial charge in [-0.15, -0.1) is 0 Å². The lowest BCUT2D eigenvalue weighted by Gasteiger charge is -2.32. The monoisotopic (exact) mass is 438 g/mol. The van der Waals surface area contributed by atoms with Gasteiger partial charge in [-0.3, -0.25) is 4.79 Å². The highest BCUT2D eigenvalue weighted by Crippen LogP contribution is 2.35. The molecule has 2 heterocycles. The van der Waals surface area contributed by atoms with Crippen molar-refractivity contribution in [3.63, 3.8) is 0 Å². The molecule has 2 rings (SSSR count). The zero-order valence-electron chi connectivity index (χ0n) is 20.1. The number of hydrogen-bond acceptors (Lipinski definition) is 6. The van der Waals surface area contributed by atoms with Crippen LogP contribution in [0, 0.1) is 0 Å². The van der Waals surface area contributed by atoms with E-state index in [2.05, 4.69) is 9.98 Å². The third-order valence-corrected chi connectivity index (χ3v) is 5.19. The summed E-state index contributed by atoms with van der Waals surface area (Å²) >= 11 is 0. The predicted octanol–water partition coefficient (Wildman–Crippen LogP) is 4.89. The maximum Gasteiger partial charge on any atom is 0.246 e. The number of rotatable bonds is 8. The molecule has 1 atom stereocenters. The second-order valence-electron chi connectivity index (χ2n) is 8.02. The minimum atomic E-state index is -0.660. The van der Waals surface area contributed by atoms with Crippen LogP contribution in [0.1, 0.15) is 53.5 Å². The fourth-order valence-corrected chi connectivity index (χ4v) is 2.87. The summed E-state index contributed by atoms with van der Waals surface area (Å²) in [5, 5.41) is 0. The Morgan fingerprint density at radius 2 is 2.03 bits per heavy atom. The van der Waals surface area contributed by atoms with Crippen LogP contribution in [-0.4, -0.2) is 40.8 Å². The van der Waals surface area contributed by atoms with E-state index in [1.165, 1.54) is 6.08 Å². The van der Waals surface area contributed by atoms with Crippen molar-refractivity contribution in [3.8, 4) is 5.75 Å². The van der Waals surface area contributed by atoms with Crippen LogP contribution in [0.5, 0.6) is 5.75 Å². The second-order valence-corrected chi connectivity index (χ2v) is 8.02. The lowest BCUT2D eigenvalue weighted by atomic mass is 10.0. The summed E-state index contributed by atoms with van der Waals surface area (Å²) in [5.74, 6) is 2.72. The Morgan fingerprint density at radius 3 is 2.62 bits per heavy atom. The highest BCUT2D eigenvalue weighted by Gasteiger charge is 2.34. The highest BCUT2D eigenvalue weighted by molar-refractivity contribution is 5.93. The number of aromatic nitrogens is 1. The fourth-order valence-electron chi connectivity index (χ4n) is 2.87. The van der Waals surface area contributed by atoms with E-state index in [0.717, 1.165) is 16.9 Å². The van der Waals surface area contributed by atoms with Crippen molar-refractivity contribution >= 4 is 23.6 Å². The summed E-state index contributed by atoms with van der Waals surface area (Å²) in [7, 11) is 1.73. The molecule has 1 aromatic rings. The van der Waals surface area contributed by atoms with Gasteiger partial charge in [-0.25, -0.2) is 9.98 Å². The van der Waals surface area contributed by atoms with Gasteiger partial charge in [0.1, 0.15) is 17.4 Å². The largest absolute Gasteiger partial charge is 0.476 e. The molecule has 0 spiro atoms. The molecule has 0 saturated heterocycles. The van der Waals surface area contributed by atoms with Gasteiger partial charge >= 0.3 is 0 Å². The number of carbonyl (C=O) groups is 1. The van der Waals surface area contributed by atoms with Gasteiger partial charge in [-0.05, 0) is 76.5 Å². The van der Waals surface area contributed by atoms with Gasteiger partial charge < -0.3 is 20.1 Å². The molecule has 1 aliphatic rings. The van der Waals surface area contributed by atoms with Gasteiger partial charge in [0.25, 0.3) is 0 Å². The van der Waals surface area contributed by atoms with Crippen molar-refractivity contribution in [2.45, 2.75) is 53.6 Å². The molecule has 1 aliphatic heterocycles. The van der Waals surface area contributed by atoms with Crippen molar-refractivity contribution in [2.24, 2.45) is 10.7 Å². The minimum Gasteiger partial charge on any atom is -0.476 e. The van der Waals surface area contributed by atoms with E-state index in [-0.39, 0.29) is 5.91 Å². The molecular weight excluding hydrogens is 404 g/mol. The highest BCUT2D eigenvalue weighted by atomic mass is 16.5. The Hall–Kier alpha value is -3.35. The maximum atomic E-state index is 12.6. The number of nitrogens with zero attached hydrogens (tertiary/aromatic N) is 3. The standard InChI is InChI=1S/C25H34N4O3/c1-8-11-20(17(4)5)31-19(9-2)16-29(7)22(30)13-12-18-14-21-23(27-15-18)28-24(26)25(6,10-3)32-21/h8-9,11-15H,10,16H2,1-7H3,(H2,26,27,28)/b11-8-,13-12+,19-9+. The first-order valence-electron chi connectivity index (χ1n) is 10.7. The van der Waals surface area contributed by atoms with Gasteiger partial charge in [0.2, 0.25) is 5.91 Å². The van der Waals surface area contributed by atoms with Crippen molar-refractivity contribution in [2.75, 3.05) is 13.6 Å². The quantitative estimate of drug-likeness (QED) is 0.354. The molecule has 172 valence electrons. The first-order valence-corrected chi connectivity index (χ1v) is 10.7. The van der Waals surface area contributed by atoms with Gasteiger partial charge in [0, 0.05) is 19.3 Å². The summed E-state index contributed by atoms with van der Waals surface area (Å²) in [4.78, 5) is 22.9. The van der Waals surface area contributed by atoms with Gasteiger partial charge in [0.05, 0.1) is 6.54 Å². The van der Waals surface area contributed by atoms with E-state index in [1.54, 1.807) is 24.2 Å². The third-order valence-electron chi connectivity index (χ3n) is 5.19. The van der Waals surface area contributed by atoms with E-state index in [9.17, 15) is 4.79 Å². The molecule has 1 amide bonds. The van der Waals surface area contributed by atoms with Gasteiger partial charge in [0.15, 0.2) is 17.2 Å². The lowest BCUT2D eigenvalue weighted by Crippen LogP contribution is -2.47. The summed E-state index contributed by atoms with van der Waals surface area (Å²) in [6.07, 6.45) is 11.2. The Morgan fingerprint density at radius 1 is 1.31 bits per heavy atom. The Balaban J connectivity index is 2.09. The van der Waals surface area contributed by atoms with Crippen molar-refractivity contribution in [1.82, 2.24) is 9.88 Å². The topological polar surface area (TPSA) is 90.0 Å². The molecule has 7 nitrogen and oxygen atoms in total. The molecular formula is C25H34N4O3. The number of hydrogen-bond donors (Lipinski definition) is 1. The number of nitrogens with two attached hydrogens (primary N) is 1. The Labute approximate surface area is 191 Å². The van der Waals surface area contributed by atoms with E-state index >= 15 is 0 Å². The molecule has 1 unspecified atom stereocenters. The van der Waals surface area contributed by atoms with E-state index in [4.69, 9.17) is 15.2 Å².